The van der Waals surface area contributed by atoms with Crippen LogP contribution in [0.2, 0.25) is 5.02 Å². The first-order valence-electron chi connectivity index (χ1n) is 7.64. The van der Waals surface area contributed by atoms with Gasteiger partial charge in [0.1, 0.15) is 11.7 Å². The minimum atomic E-state index is -0.272. The molecule has 4 nitrogen and oxygen atoms in total. The van der Waals surface area contributed by atoms with Crippen molar-refractivity contribution in [2.24, 2.45) is 0 Å². The quantitative estimate of drug-likeness (QED) is 0.908. The van der Waals surface area contributed by atoms with Crippen LogP contribution in [0.5, 0.6) is 0 Å². The van der Waals surface area contributed by atoms with E-state index in [2.05, 4.69) is 22.2 Å². The predicted octanol–water partition coefficient (Wildman–Crippen LogP) is 2.01. The molecule has 1 amide bonds. The number of amides is 1. The molecule has 5 heteroatoms. The van der Waals surface area contributed by atoms with Crippen molar-refractivity contribution in [1.82, 2.24) is 15.1 Å². The van der Waals surface area contributed by atoms with Gasteiger partial charge in [-0.05, 0) is 50.6 Å². The van der Waals surface area contributed by atoms with Crippen molar-refractivity contribution >= 4 is 17.5 Å². The number of likely N-dealkylation sites (N-methyl/N-ethyl adjacent to an activating group) is 1. The van der Waals surface area contributed by atoms with Gasteiger partial charge in [0.25, 0.3) is 0 Å². The van der Waals surface area contributed by atoms with Gasteiger partial charge in [0.15, 0.2) is 0 Å². The molecule has 2 saturated heterocycles. The minimum absolute atomic E-state index is 0.00577. The van der Waals surface area contributed by atoms with Crippen molar-refractivity contribution in [1.29, 1.82) is 0 Å². The third-order valence-electron chi connectivity index (χ3n) is 5.03. The number of nitrogens with one attached hydrogen (secondary N) is 1. The number of rotatable bonds is 2. The second-order valence-electron chi connectivity index (χ2n) is 6.60. The number of nitrogens with zero attached hydrogens (tertiary/aromatic N) is 2. The summed E-state index contributed by atoms with van der Waals surface area (Å²) in [5.74, 6) is 0.294. The molecule has 21 heavy (non-hydrogen) atoms. The Labute approximate surface area is 130 Å². The molecule has 3 fully saturated rings. The van der Waals surface area contributed by atoms with Crippen LogP contribution in [-0.2, 0) is 4.79 Å². The third kappa shape index (κ3) is 2.17. The van der Waals surface area contributed by atoms with Crippen LogP contribution < -0.4 is 5.32 Å². The van der Waals surface area contributed by atoms with Crippen LogP contribution in [0.4, 0.5) is 0 Å². The molecule has 0 bridgehead atoms. The van der Waals surface area contributed by atoms with E-state index in [0.717, 1.165) is 42.9 Å². The van der Waals surface area contributed by atoms with Gasteiger partial charge >= 0.3 is 0 Å². The van der Waals surface area contributed by atoms with Crippen molar-refractivity contribution in [3.63, 3.8) is 0 Å². The molecular weight excluding hydrogens is 286 g/mol. The summed E-state index contributed by atoms with van der Waals surface area (Å²) in [6, 6.07) is 8.18. The molecule has 1 saturated carbocycles. The fourth-order valence-electron chi connectivity index (χ4n) is 3.65. The Balaban J connectivity index is 1.67. The van der Waals surface area contributed by atoms with Gasteiger partial charge in [-0.3, -0.25) is 10.1 Å². The van der Waals surface area contributed by atoms with E-state index in [1.54, 1.807) is 0 Å². The molecule has 1 aromatic rings. The highest BCUT2D eigenvalue weighted by molar-refractivity contribution is 6.30. The van der Waals surface area contributed by atoms with Gasteiger partial charge < -0.3 is 9.80 Å². The van der Waals surface area contributed by atoms with E-state index >= 15 is 0 Å². The van der Waals surface area contributed by atoms with Gasteiger partial charge in [-0.2, -0.15) is 0 Å². The van der Waals surface area contributed by atoms with Crippen LogP contribution in [-0.4, -0.2) is 47.4 Å². The Kier molecular flexibility index (Phi) is 3.03. The van der Waals surface area contributed by atoms with Crippen molar-refractivity contribution in [3.8, 4) is 0 Å². The van der Waals surface area contributed by atoms with E-state index in [-0.39, 0.29) is 11.7 Å². The van der Waals surface area contributed by atoms with E-state index in [0.29, 0.717) is 11.9 Å². The summed E-state index contributed by atoms with van der Waals surface area (Å²) >= 11 is 5.99. The number of halogens is 1. The van der Waals surface area contributed by atoms with E-state index in [4.69, 9.17) is 11.6 Å². The van der Waals surface area contributed by atoms with E-state index < -0.39 is 0 Å². The highest BCUT2D eigenvalue weighted by Gasteiger charge is 2.60. The minimum Gasteiger partial charge on any atom is -0.317 e. The maximum atomic E-state index is 12.9. The Morgan fingerprint density at radius 1 is 1.29 bits per heavy atom. The van der Waals surface area contributed by atoms with E-state index in [1.165, 1.54) is 0 Å². The summed E-state index contributed by atoms with van der Waals surface area (Å²) in [4.78, 5) is 17.3. The van der Waals surface area contributed by atoms with E-state index in [1.807, 2.05) is 24.3 Å². The standard InChI is InChI=1S/C16H20ClN3O/c1-19-9-6-13(10-19)20-14(11-2-4-12(17)5-3-11)18-16(7-8-16)15(20)21/h2-5,13-14,18H,6-10H2,1H3. The number of carbonyl (C=O) groups is 1. The lowest BCUT2D eigenvalue weighted by Gasteiger charge is -2.30. The highest BCUT2D eigenvalue weighted by atomic mass is 35.5. The van der Waals surface area contributed by atoms with Gasteiger partial charge in [0, 0.05) is 17.6 Å². The molecule has 0 aromatic heterocycles. The average Bonchev–Trinajstić information content (AvgIpc) is 3.04. The number of carbonyl (C=O) groups excluding carboxylic acids is 1. The normalized spacial score (nSPS) is 31.3. The first-order chi connectivity index (χ1) is 10.1. The third-order valence-corrected chi connectivity index (χ3v) is 5.28. The number of hydrogen-bond acceptors (Lipinski definition) is 3. The van der Waals surface area contributed by atoms with Gasteiger partial charge in [-0.1, -0.05) is 23.7 Å². The Morgan fingerprint density at radius 3 is 2.57 bits per heavy atom. The zero-order valence-electron chi connectivity index (χ0n) is 12.2. The molecule has 4 rings (SSSR count). The van der Waals surface area contributed by atoms with Crippen molar-refractivity contribution in [3.05, 3.63) is 34.9 Å². The predicted molar refractivity (Wildman–Crippen MR) is 82.0 cm³/mol. The highest BCUT2D eigenvalue weighted by Crippen LogP contribution is 2.47. The molecule has 2 aliphatic heterocycles. The van der Waals surface area contributed by atoms with Crippen LogP contribution in [0.3, 0.4) is 0 Å². The van der Waals surface area contributed by atoms with Crippen LogP contribution in [0, 0.1) is 0 Å². The first-order valence-corrected chi connectivity index (χ1v) is 8.01. The average molecular weight is 306 g/mol. The SMILES string of the molecule is CN1CCC(N2C(=O)C3(CC3)NC2c2ccc(Cl)cc2)C1. The van der Waals surface area contributed by atoms with Gasteiger partial charge in [-0.15, -0.1) is 0 Å². The van der Waals surface area contributed by atoms with Gasteiger partial charge in [0.05, 0.1) is 0 Å². The fraction of sp³-hybridized carbons (Fsp3) is 0.562. The lowest BCUT2D eigenvalue weighted by Crippen LogP contribution is -2.41. The Bertz CT molecular complexity index is 569. The summed E-state index contributed by atoms with van der Waals surface area (Å²) in [6.45, 7) is 2.03. The number of likely N-dealkylation sites (tertiary alicyclic amines) is 1. The molecule has 1 N–H and O–H groups in total. The lowest BCUT2D eigenvalue weighted by atomic mass is 10.1. The summed E-state index contributed by atoms with van der Waals surface area (Å²) < 4.78 is 0. The molecule has 2 unspecified atom stereocenters. The lowest BCUT2D eigenvalue weighted by molar-refractivity contribution is -0.132. The molecule has 0 radical (unpaired) electrons. The maximum Gasteiger partial charge on any atom is 0.244 e. The summed E-state index contributed by atoms with van der Waals surface area (Å²) in [7, 11) is 2.12. The molecule has 3 aliphatic rings. The van der Waals surface area contributed by atoms with Crippen LogP contribution in [0.15, 0.2) is 24.3 Å². The van der Waals surface area contributed by atoms with Crippen LogP contribution in [0.1, 0.15) is 31.0 Å². The van der Waals surface area contributed by atoms with Crippen molar-refractivity contribution in [2.75, 3.05) is 20.1 Å². The molecule has 1 aromatic carbocycles. The number of benzene rings is 1. The largest absolute Gasteiger partial charge is 0.317 e. The molecule has 1 aliphatic carbocycles. The smallest absolute Gasteiger partial charge is 0.244 e. The van der Waals surface area contributed by atoms with Crippen LogP contribution >= 0.6 is 11.6 Å². The van der Waals surface area contributed by atoms with Gasteiger partial charge in [0.2, 0.25) is 5.91 Å². The Hall–Kier alpha value is -1.10. The van der Waals surface area contributed by atoms with Crippen molar-refractivity contribution < 1.29 is 4.79 Å². The summed E-state index contributed by atoms with van der Waals surface area (Å²) in [5, 5.41) is 4.32. The van der Waals surface area contributed by atoms with E-state index in [9.17, 15) is 4.79 Å². The zero-order valence-corrected chi connectivity index (χ0v) is 12.9. The number of hydrogen-bond donors (Lipinski definition) is 1. The molecule has 112 valence electrons. The molecule has 1 spiro atoms. The second kappa shape index (κ2) is 4.70. The monoisotopic (exact) mass is 305 g/mol. The topological polar surface area (TPSA) is 35.6 Å². The Morgan fingerprint density at radius 2 is 2.00 bits per heavy atom. The fourth-order valence-corrected chi connectivity index (χ4v) is 3.77. The second-order valence-corrected chi connectivity index (χ2v) is 7.03. The summed E-state index contributed by atoms with van der Waals surface area (Å²) in [6.07, 6.45) is 2.99. The zero-order chi connectivity index (χ0) is 14.6. The molecule has 2 heterocycles. The molecule has 2 atom stereocenters. The van der Waals surface area contributed by atoms with Crippen molar-refractivity contribution in [2.45, 2.75) is 37.0 Å². The first kappa shape index (κ1) is 13.6. The van der Waals surface area contributed by atoms with Gasteiger partial charge in [-0.25, -0.2) is 0 Å². The summed E-state index contributed by atoms with van der Waals surface area (Å²) in [5.41, 5.74) is 0.858. The van der Waals surface area contributed by atoms with Crippen LogP contribution in [0.25, 0.3) is 0 Å². The molecular formula is C16H20ClN3O. The maximum absolute atomic E-state index is 12.9.